The summed E-state index contributed by atoms with van der Waals surface area (Å²) >= 11 is 0. The van der Waals surface area contributed by atoms with E-state index in [0.717, 1.165) is 13.0 Å². The average Bonchev–Trinajstić information content (AvgIpc) is 2.98. The number of carbonyl (C=O) groups excluding carboxylic acids is 3. The molecule has 1 aliphatic rings. The molecule has 1 fully saturated rings. The SMILES string of the molecule is CC(C)(C)OC(=O)Nc1ccc(C(=O)O[C@@H]2CCCNC[C@H]2NC(=O)c2ccc(O)cc2)cc1. The topological polar surface area (TPSA) is 126 Å². The van der Waals surface area contributed by atoms with Crippen LogP contribution in [0, 0.1) is 0 Å². The van der Waals surface area contributed by atoms with Crippen molar-refractivity contribution < 1.29 is 29.0 Å². The first-order valence-corrected chi connectivity index (χ1v) is 11.2. The molecule has 9 heteroatoms. The Labute approximate surface area is 198 Å². The van der Waals surface area contributed by atoms with E-state index in [4.69, 9.17) is 9.47 Å². The van der Waals surface area contributed by atoms with E-state index in [1.807, 2.05) is 0 Å². The highest BCUT2D eigenvalue weighted by Crippen LogP contribution is 2.18. The summed E-state index contributed by atoms with van der Waals surface area (Å²) in [7, 11) is 0. The molecule has 2 amide bonds. The van der Waals surface area contributed by atoms with Crippen molar-refractivity contribution in [3.05, 3.63) is 59.7 Å². The predicted octanol–water partition coefficient (Wildman–Crippen LogP) is 3.45. The number of amides is 2. The molecule has 4 N–H and O–H groups in total. The molecule has 0 aliphatic carbocycles. The van der Waals surface area contributed by atoms with Crippen LogP contribution in [0.5, 0.6) is 5.75 Å². The summed E-state index contributed by atoms with van der Waals surface area (Å²) in [6.45, 7) is 6.53. The maximum atomic E-state index is 12.8. The minimum atomic E-state index is -0.615. The lowest BCUT2D eigenvalue weighted by molar-refractivity contribution is 0.0192. The van der Waals surface area contributed by atoms with E-state index in [2.05, 4.69) is 16.0 Å². The van der Waals surface area contributed by atoms with Crippen LogP contribution in [-0.4, -0.2) is 53.9 Å². The first kappa shape index (κ1) is 25.0. The summed E-state index contributed by atoms with van der Waals surface area (Å²) < 4.78 is 11.0. The number of nitrogens with one attached hydrogen (secondary N) is 3. The van der Waals surface area contributed by atoms with Gasteiger partial charge in [0, 0.05) is 17.8 Å². The molecule has 0 spiro atoms. The van der Waals surface area contributed by atoms with Gasteiger partial charge in [-0.1, -0.05) is 0 Å². The fourth-order valence-corrected chi connectivity index (χ4v) is 3.48. The molecular formula is C25H31N3O6. The Morgan fingerprint density at radius 3 is 2.29 bits per heavy atom. The van der Waals surface area contributed by atoms with E-state index < -0.39 is 29.8 Å². The Morgan fingerprint density at radius 2 is 1.65 bits per heavy atom. The number of phenolic OH excluding ortho intramolecular Hbond substituents is 1. The molecule has 0 radical (unpaired) electrons. The van der Waals surface area contributed by atoms with Crippen molar-refractivity contribution in [2.24, 2.45) is 0 Å². The zero-order chi connectivity index (χ0) is 24.7. The minimum absolute atomic E-state index is 0.0757. The summed E-state index contributed by atoms with van der Waals surface area (Å²) in [6, 6.07) is 11.9. The second-order valence-electron chi connectivity index (χ2n) is 9.12. The number of aromatic hydroxyl groups is 1. The van der Waals surface area contributed by atoms with Crippen molar-refractivity contribution in [3.8, 4) is 5.75 Å². The third kappa shape index (κ3) is 7.48. The van der Waals surface area contributed by atoms with E-state index in [9.17, 15) is 19.5 Å². The van der Waals surface area contributed by atoms with Gasteiger partial charge in [-0.2, -0.15) is 0 Å². The van der Waals surface area contributed by atoms with Crippen LogP contribution < -0.4 is 16.0 Å². The predicted molar refractivity (Wildman–Crippen MR) is 127 cm³/mol. The van der Waals surface area contributed by atoms with Crippen LogP contribution in [0.15, 0.2) is 48.5 Å². The number of hydrogen-bond donors (Lipinski definition) is 4. The Balaban J connectivity index is 1.62. The number of carbonyl (C=O) groups is 3. The Kier molecular flexibility index (Phi) is 8.12. The highest BCUT2D eigenvalue weighted by Gasteiger charge is 2.29. The van der Waals surface area contributed by atoms with Gasteiger partial charge in [0.05, 0.1) is 11.6 Å². The molecule has 9 nitrogen and oxygen atoms in total. The zero-order valence-corrected chi connectivity index (χ0v) is 19.6. The third-order valence-corrected chi connectivity index (χ3v) is 5.13. The van der Waals surface area contributed by atoms with Gasteiger partial charge in [0.1, 0.15) is 17.5 Å². The highest BCUT2D eigenvalue weighted by molar-refractivity contribution is 5.94. The number of benzene rings is 2. The van der Waals surface area contributed by atoms with Crippen LogP contribution >= 0.6 is 0 Å². The normalized spacial score (nSPS) is 18.3. The van der Waals surface area contributed by atoms with Crippen molar-refractivity contribution in [3.63, 3.8) is 0 Å². The lowest BCUT2D eigenvalue weighted by Gasteiger charge is -2.26. The second-order valence-corrected chi connectivity index (χ2v) is 9.12. The number of esters is 1. The van der Waals surface area contributed by atoms with Crippen LogP contribution in [0.4, 0.5) is 10.5 Å². The molecule has 1 aliphatic heterocycles. The monoisotopic (exact) mass is 469 g/mol. The molecule has 1 saturated heterocycles. The zero-order valence-electron chi connectivity index (χ0n) is 19.6. The Hall–Kier alpha value is -3.59. The lowest BCUT2D eigenvalue weighted by Crippen LogP contribution is -2.49. The molecule has 34 heavy (non-hydrogen) atoms. The standard InChI is InChI=1S/C25H31N3O6/c1-25(2,3)34-24(32)27-18-10-6-17(7-11-18)23(31)33-21-5-4-14-26-15-20(21)28-22(30)16-8-12-19(29)13-9-16/h6-13,20-21,26,29H,4-5,14-15H2,1-3H3,(H,27,32)(H,28,30)/t20-,21-/m1/s1. The summed E-state index contributed by atoms with van der Waals surface area (Å²) in [5, 5.41) is 18.2. The van der Waals surface area contributed by atoms with E-state index >= 15 is 0 Å². The van der Waals surface area contributed by atoms with Gasteiger partial charge >= 0.3 is 12.1 Å². The molecule has 1 heterocycles. The minimum Gasteiger partial charge on any atom is -0.508 e. The van der Waals surface area contributed by atoms with E-state index in [-0.39, 0.29) is 11.7 Å². The number of anilines is 1. The van der Waals surface area contributed by atoms with Crippen molar-refractivity contribution in [1.82, 2.24) is 10.6 Å². The van der Waals surface area contributed by atoms with Crippen molar-refractivity contribution in [1.29, 1.82) is 0 Å². The van der Waals surface area contributed by atoms with Gasteiger partial charge in [0.15, 0.2) is 0 Å². The number of ether oxygens (including phenoxy) is 2. The van der Waals surface area contributed by atoms with Crippen molar-refractivity contribution in [2.75, 3.05) is 18.4 Å². The van der Waals surface area contributed by atoms with Crippen LogP contribution in [-0.2, 0) is 9.47 Å². The summed E-state index contributed by atoms with van der Waals surface area (Å²) in [6.07, 6.45) is 0.295. The molecule has 0 unspecified atom stereocenters. The number of rotatable bonds is 5. The van der Waals surface area contributed by atoms with Gasteiger partial charge in [-0.05, 0) is 88.7 Å². The van der Waals surface area contributed by atoms with Crippen molar-refractivity contribution >= 4 is 23.7 Å². The van der Waals surface area contributed by atoms with Gasteiger partial charge in [0.2, 0.25) is 0 Å². The number of hydrogen-bond acceptors (Lipinski definition) is 7. The van der Waals surface area contributed by atoms with Gasteiger partial charge in [-0.25, -0.2) is 9.59 Å². The molecule has 2 aromatic carbocycles. The first-order valence-electron chi connectivity index (χ1n) is 11.2. The third-order valence-electron chi connectivity index (χ3n) is 5.13. The van der Waals surface area contributed by atoms with Gasteiger partial charge in [-0.15, -0.1) is 0 Å². The first-order chi connectivity index (χ1) is 16.1. The highest BCUT2D eigenvalue weighted by atomic mass is 16.6. The van der Waals surface area contributed by atoms with Crippen LogP contribution in [0.25, 0.3) is 0 Å². The average molecular weight is 470 g/mol. The number of phenols is 1. The molecule has 0 aromatic heterocycles. The maximum Gasteiger partial charge on any atom is 0.412 e. The second kappa shape index (κ2) is 11.0. The molecule has 2 atom stereocenters. The molecule has 0 bridgehead atoms. The Morgan fingerprint density at radius 1 is 1.00 bits per heavy atom. The Bertz CT molecular complexity index is 999. The molecular weight excluding hydrogens is 438 g/mol. The molecule has 2 aromatic rings. The summed E-state index contributed by atoms with van der Waals surface area (Å²) in [5.74, 6) is -0.751. The van der Waals surface area contributed by atoms with Gasteiger partial charge in [0.25, 0.3) is 5.91 Å². The van der Waals surface area contributed by atoms with Gasteiger partial charge < -0.3 is 25.2 Å². The van der Waals surface area contributed by atoms with Crippen molar-refractivity contribution in [2.45, 2.75) is 51.4 Å². The van der Waals surface area contributed by atoms with E-state index in [0.29, 0.717) is 29.8 Å². The van der Waals surface area contributed by atoms with Crippen LogP contribution in [0.3, 0.4) is 0 Å². The smallest absolute Gasteiger partial charge is 0.412 e. The summed E-state index contributed by atoms with van der Waals surface area (Å²) in [4.78, 5) is 37.3. The molecule has 0 saturated carbocycles. The molecule has 3 rings (SSSR count). The lowest BCUT2D eigenvalue weighted by atomic mass is 10.1. The van der Waals surface area contributed by atoms with E-state index in [1.165, 1.54) is 24.3 Å². The van der Waals surface area contributed by atoms with E-state index in [1.54, 1.807) is 45.0 Å². The molecule has 182 valence electrons. The fourth-order valence-electron chi connectivity index (χ4n) is 3.48. The van der Waals surface area contributed by atoms with Gasteiger partial charge in [-0.3, -0.25) is 10.1 Å². The quantitative estimate of drug-likeness (QED) is 0.494. The van der Waals surface area contributed by atoms with Crippen LogP contribution in [0.2, 0.25) is 0 Å². The fraction of sp³-hybridized carbons (Fsp3) is 0.400. The summed E-state index contributed by atoms with van der Waals surface area (Å²) in [5.41, 5.74) is 0.606. The largest absolute Gasteiger partial charge is 0.508 e. The maximum absolute atomic E-state index is 12.8. The van der Waals surface area contributed by atoms with Crippen LogP contribution in [0.1, 0.15) is 54.3 Å².